The molecule has 1 saturated heterocycles. The summed E-state index contributed by atoms with van der Waals surface area (Å²) in [6.45, 7) is 5.18. The maximum atomic E-state index is 12.2. The Bertz CT molecular complexity index is 457. The molecule has 1 aromatic rings. The second-order valence-electron chi connectivity index (χ2n) is 5.02. The molecule has 1 aliphatic heterocycles. The lowest BCUT2D eigenvalue weighted by Gasteiger charge is -2.31. The van der Waals surface area contributed by atoms with Crippen LogP contribution in [0.1, 0.15) is 24.0 Å². The van der Waals surface area contributed by atoms with Crippen LogP contribution in [0, 0.1) is 13.8 Å². The van der Waals surface area contributed by atoms with Gasteiger partial charge in [0.1, 0.15) is 5.54 Å². The topological polar surface area (TPSA) is 64.4 Å². The van der Waals surface area contributed by atoms with Gasteiger partial charge >= 0.3 is 0 Å². The van der Waals surface area contributed by atoms with Crippen LogP contribution in [-0.2, 0) is 9.53 Å². The van der Waals surface area contributed by atoms with Crippen LogP contribution in [-0.4, -0.2) is 24.7 Å². The van der Waals surface area contributed by atoms with E-state index in [1.165, 1.54) is 5.56 Å². The first-order chi connectivity index (χ1) is 8.51. The zero-order valence-electron chi connectivity index (χ0n) is 11.4. The van der Waals surface area contributed by atoms with Gasteiger partial charge in [0, 0.05) is 18.9 Å². The van der Waals surface area contributed by atoms with Crippen molar-refractivity contribution in [3.8, 4) is 0 Å². The molecule has 0 aliphatic carbocycles. The third kappa shape index (κ3) is 3.69. The lowest BCUT2D eigenvalue weighted by molar-refractivity contribution is -0.124. The van der Waals surface area contributed by atoms with Crippen molar-refractivity contribution in [2.24, 2.45) is 5.73 Å². The summed E-state index contributed by atoms with van der Waals surface area (Å²) >= 11 is 0. The summed E-state index contributed by atoms with van der Waals surface area (Å²) in [5.41, 5.74) is 8.50. The van der Waals surface area contributed by atoms with Crippen LogP contribution in [0.4, 0.5) is 5.69 Å². The molecule has 0 saturated carbocycles. The number of anilines is 1. The van der Waals surface area contributed by atoms with Gasteiger partial charge in [-0.05, 0) is 49.9 Å². The van der Waals surface area contributed by atoms with Crippen LogP contribution in [0.3, 0.4) is 0 Å². The summed E-state index contributed by atoms with van der Waals surface area (Å²) in [7, 11) is 0. The Morgan fingerprint density at radius 1 is 1.26 bits per heavy atom. The molecule has 1 fully saturated rings. The van der Waals surface area contributed by atoms with Gasteiger partial charge in [-0.25, -0.2) is 0 Å². The average Bonchev–Trinajstić information content (AvgIpc) is 2.35. The summed E-state index contributed by atoms with van der Waals surface area (Å²) < 4.78 is 5.24. The van der Waals surface area contributed by atoms with Crippen molar-refractivity contribution in [1.29, 1.82) is 0 Å². The summed E-state index contributed by atoms with van der Waals surface area (Å²) in [6, 6.07) is 5.87. The molecule has 5 heteroatoms. The van der Waals surface area contributed by atoms with Crippen LogP contribution in [0.5, 0.6) is 0 Å². The third-order valence-corrected chi connectivity index (χ3v) is 3.60. The van der Waals surface area contributed by atoms with Gasteiger partial charge in [-0.1, -0.05) is 6.07 Å². The van der Waals surface area contributed by atoms with Crippen molar-refractivity contribution >= 4 is 24.0 Å². The van der Waals surface area contributed by atoms with Crippen LogP contribution in [0.25, 0.3) is 0 Å². The molecular weight excluding hydrogens is 264 g/mol. The van der Waals surface area contributed by atoms with Crippen molar-refractivity contribution in [3.63, 3.8) is 0 Å². The van der Waals surface area contributed by atoms with E-state index in [1.54, 1.807) is 0 Å². The minimum atomic E-state index is -0.795. The number of nitrogens with two attached hydrogens (primary N) is 1. The van der Waals surface area contributed by atoms with E-state index in [0.717, 1.165) is 11.3 Å². The summed E-state index contributed by atoms with van der Waals surface area (Å²) in [4.78, 5) is 12.2. The maximum Gasteiger partial charge on any atom is 0.244 e. The van der Waals surface area contributed by atoms with E-state index in [1.807, 2.05) is 32.0 Å². The minimum Gasteiger partial charge on any atom is -0.381 e. The Hall–Kier alpha value is -1.10. The molecule has 1 aromatic carbocycles. The molecule has 0 atom stereocenters. The van der Waals surface area contributed by atoms with Crippen molar-refractivity contribution in [1.82, 2.24) is 0 Å². The van der Waals surface area contributed by atoms with Crippen LogP contribution in [0.2, 0.25) is 0 Å². The SMILES string of the molecule is Cc1ccc(NC(=O)C2(N)CCOCC2)cc1C.Cl. The Balaban J connectivity index is 0.00000180. The molecule has 1 heterocycles. The standard InChI is InChI=1S/C14H20N2O2.ClH/c1-10-3-4-12(9-11(10)2)16-13(17)14(15)5-7-18-8-6-14;/h3-4,9H,5-8,15H2,1-2H3,(H,16,17);1H. The Kier molecular flexibility index (Phi) is 5.35. The van der Waals surface area contributed by atoms with Gasteiger partial charge in [0.05, 0.1) is 0 Å². The Morgan fingerprint density at radius 3 is 2.47 bits per heavy atom. The highest BCUT2D eigenvalue weighted by Gasteiger charge is 2.35. The van der Waals surface area contributed by atoms with Gasteiger partial charge in [-0.2, -0.15) is 0 Å². The van der Waals surface area contributed by atoms with Gasteiger partial charge in [0.25, 0.3) is 0 Å². The van der Waals surface area contributed by atoms with E-state index in [4.69, 9.17) is 10.5 Å². The molecule has 0 aromatic heterocycles. The van der Waals surface area contributed by atoms with Crippen LogP contribution >= 0.6 is 12.4 Å². The van der Waals surface area contributed by atoms with Gasteiger partial charge in [0.15, 0.2) is 0 Å². The number of halogens is 1. The second kappa shape index (κ2) is 6.37. The number of carbonyl (C=O) groups excluding carboxylic acids is 1. The monoisotopic (exact) mass is 284 g/mol. The van der Waals surface area contributed by atoms with Gasteiger partial charge in [0.2, 0.25) is 5.91 Å². The smallest absolute Gasteiger partial charge is 0.244 e. The third-order valence-electron chi connectivity index (χ3n) is 3.60. The van der Waals surface area contributed by atoms with Crippen LogP contribution < -0.4 is 11.1 Å². The molecule has 1 aliphatic rings. The highest BCUT2D eigenvalue weighted by atomic mass is 35.5. The fraction of sp³-hybridized carbons (Fsp3) is 0.500. The summed E-state index contributed by atoms with van der Waals surface area (Å²) in [5.74, 6) is -0.117. The second-order valence-corrected chi connectivity index (χ2v) is 5.02. The molecule has 19 heavy (non-hydrogen) atoms. The number of hydrogen-bond donors (Lipinski definition) is 2. The largest absolute Gasteiger partial charge is 0.381 e. The molecule has 3 N–H and O–H groups in total. The quantitative estimate of drug-likeness (QED) is 0.875. The maximum absolute atomic E-state index is 12.2. The highest BCUT2D eigenvalue weighted by molar-refractivity contribution is 5.98. The number of nitrogens with one attached hydrogen (secondary N) is 1. The minimum absolute atomic E-state index is 0. The van der Waals surface area contributed by atoms with Gasteiger partial charge in [-0.3, -0.25) is 4.79 Å². The zero-order valence-corrected chi connectivity index (χ0v) is 12.2. The molecule has 1 amide bonds. The summed E-state index contributed by atoms with van der Waals surface area (Å²) in [5, 5.41) is 2.90. The molecule has 4 nitrogen and oxygen atoms in total. The average molecular weight is 285 g/mol. The molecule has 0 unspecified atom stereocenters. The predicted octanol–water partition coefficient (Wildman–Crippen LogP) is 2.17. The lowest BCUT2D eigenvalue weighted by atomic mass is 9.90. The van der Waals surface area contributed by atoms with E-state index in [2.05, 4.69) is 5.32 Å². The molecule has 0 radical (unpaired) electrons. The normalized spacial score (nSPS) is 17.4. The molecule has 106 valence electrons. The number of hydrogen-bond acceptors (Lipinski definition) is 3. The fourth-order valence-corrected chi connectivity index (χ4v) is 2.04. The molecule has 0 spiro atoms. The van der Waals surface area contributed by atoms with Crippen molar-refractivity contribution in [2.75, 3.05) is 18.5 Å². The molecular formula is C14H21ClN2O2. The fourth-order valence-electron chi connectivity index (χ4n) is 2.04. The van der Waals surface area contributed by atoms with Crippen molar-refractivity contribution in [3.05, 3.63) is 29.3 Å². The number of ether oxygens (including phenoxy) is 1. The predicted molar refractivity (Wildman–Crippen MR) is 78.8 cm³/mol. The zero-order chi connectivity index (χ0) is 13.2. The number of amides is 1. The Labute approximate surface area is 120 Å². The van der Waals surface area contributed by atoms with Crippen molar-refractivity contribution < 1.29 is 9.53 Å². The summed E-state index contributed by atoms with van der Waals surface area (Å²) in [6.07, 6.45) is 1.15. The van der Waals surface area contributed by atoms with E-state index >= 15 is 0 Å². The van der Waals surface area contributed by atoms with Gasteiger partial charge < -0.3 is 15.8 Å². The molecule has 0 bridgehead atoms. The van der Waals surface area contributed by atoms with E-state index < -0.39 is 5.54 Å². The lowest BCUT2D eigenvalue weighted by Crippen LogP contribution is -2.54. The number of benzene rings is 1. The number of aryl methyl sites for hydroxylation is 2. The van der Waals surface area contributed by atoms with E-state index in [-0.39, 0.29) is 18.3 Å². The molecule has 2 rings (SSSR count). The van der Waals surface area contributed by atoms with Crippen LogP contribution in [0.15, 0.2) is 18.2 Å². The van der Waals surface area contributed by atoms with E-state index in [0.29, 0.717) is 26.1 Å². The van der Waals surface area contributed by atoms with E-state index in [9.17, 15) is 4.79 Å². The number of rotatable bonds is 2. The Morgan fingerprint density at radius 2 is 1.89 bits per heavy atom. The first-order valence-corrected chi connectivity index (χ1v) is 6.27. The first-order valence-electron chi connectivity index (χ1n) is 6.27. The number of carbonyl (C=O) groups is 1. The van der Waals surface area contributed by atoms with Crippen molar-refractivity contribution in [2.45, 2.75) is 32.2 Å². The first kappa shape index (κ1) is 16.0. The van der Waals surface area contributed by atoms with Gasteiger partial charge in [-0.15, -0.1) is 12.4 Å². The highest BCUT2D eigenvalue weighted by Crippen LogP contribution is 2.21.